The Balaban J connectivity index is 1.77. The van der Waals surface area contributed by atoms with E-state index in [9.17, 15) is 15.2 Å². The topological polar surface area (TPSA) is 105 Å². The SMILES string of the molecule is Cc1nnc(S/C(=C\c2cc(C)n(-c3sc4c(c3C#N)CCCC4)c2C)C(=O)O)o1. The summed E-state index contributed by atoms with van der Waals surface area (Å²) in [5.41, 5.74) is 4.56. The lowest BCUT2D eigenvalue weighted by molar-refractivity contribution is -0.131. The first-order valence-electron chi connectivity index (χ1n) is 9.56. The van der Waals surface area contributed by atoms with Gasteiger partial charge >= 0.3 is 5.97 Å². The van der Waals surface area contributed by atoms with Gasteiger partial charge < -0.3 is 14.1 Å². The van der Waals surface area contributed by atoms with Gasteiger partial charge in [0, 0.05) is 23.2 Å². The minimum absolute atomic E-state index is 0.0879. The number of carbonyl (C=O) groups is 1. The molecule has 9 heteroatoms. The van der Waals surface area contributed by atoms with Crippen molar-refractivity contribution in [2.75, 3.05) is 0 Å². The molecule has 1 aliphatic carbocycles. The number of nitriles is 1. The molecule has 4 rings (SSSR count). The molecule has 0 unspecified atom stereocenters. The van der Waals surface area contributed by atoms with Gasteiger partial charge in [-0.1, -0.05) is 0 Å². The predicted molar refractivity (Wildman–Crippen MR) is 115 cm³/mol. The van der Waals surface area contributed by atoms with Crippen LogP contribution in [0.3, 0.4) is 0 Å². The fourth-order valence-corrected chi connectivity index (χ4v) is 5.92. The molecule has 3 heterocycles. The molecule has 0 bridgehead atoms. The number of aryl methyl sites for hydroxylation is 3. The fraction of sp³-hybridized carbons (Fsp3) is 0.333. The highest BCUT2D eigenvalue weighted by molar-refractivity contribution is 8.03. The molecule has 0 atom stereocenters. The summed E-state index contributed by atoms with van der Waals surface area (Å²) in [6.07, 6.45) is 5.85. The molecule has 3 aromatic heterocycles. The van der Waals surface area contributed by atoms with Crippen LogP contribution in [0.1, 0.15) is 51.7 Å². The van der Waals surface area contributed by atoms with E-state index in [1.807, 2.05) is 19.9 Å². The number of thiophene rings is 1. The molecule has 0 aliphatic heterocycles. The van der Waals surface area contributed by atoms with Crippen molar-refractivity contribution in [1.82, 2.24) is 14.8 Å². The smallest absolute Gasteiger partial charge is 0.342 e. The van der Waals surface area contributed by atoms with Crippen LogP contribution in [0.4, 0.5) is 0 Å². The molecule has 1 N–H and O–H groups in total. The lowest BCUT2D eigenvalue weighted by atomic mass is 9.96. The van der Waals surface area contributed by atoms with Crippen molar-refractivity contribution in [1.29, 1.82) is 5.26 Å². The van der Waals surface area contributed by atoms with E-state index in [-0.39, 0.29) is 10.1 Å². The first kappa shape index (κ1) is 20.4. The number of hydrogen-bond donors (Lipinski definition) is 1. The van der Waals surface area contributed by atoms with Gasteiger partial charge in [-0.15, -0.1) is 21.5 Å². The molecule has 0 spiro atoms. The number of hydrogen-bond acceptors (Lipinski definition) is 7. The molecule has 0 amide bonds. The quantitative estimate of drug-likeness (QED) is 0.448. The Hall–Kier alpha value is -2.83. The summed E-state index contributed by atoms with van der Waals surface area (Å²) < 4.78 is 7.37. The lowest BCUT2D eigenvalue weighted by Gasteiger charge is -2.10. The van der Waals surface area contributed by atoms with Crippen molar-refractivity contribution in [3.63, 3.8) is 0 Å². The molecule has 1 aliphatic rings. The highest BCUT2D eigenvalue weighted by Gasteiger charge is 2.24. The Morgan fingerprint density at radius 2 is 2.10 bits per heavy atom. The van der Waals surface area contributed by atoms with Gasteiger partial charge in [0.05, 0.1) is 5.56 Å². The molecular formula is C21H20N4O3S2. The van der Waals surface area contributed by atoms with Gasteiger partial charge in [-0.05, 0) is 74.6 Å². The molecule has 154 valence electrons. The zero-order valence-electron chi connectivity index (χ0n) is 16.9. The van der Waals surface area contributed by atoms with Crippen molar-refractivity contribution in [2.24, 2.45) is 0 Å². The van der Waals surface area contributed by atoms with E-state index < -0.39 is 5.97 Å². The van der Waals surface area contributed by atoms with E-state index in [1.165, 1.54) is 10.4 Å². The third-order valence-electron chi connectivity index (χ3n) is 5.14. The number of thioether (sulfide) groups is 1. The van der Waals surface area contributed by atoms with Gasteiger partial charge in [-0.3, -0.25) is 0 Å². The Morgan fingerprint density at radius 3 is 2.77 bits per heavy atom. The summed E-state index contributed by atoms with van der Waals surface area (Å²) in [5.74, 6) is -0.684. The summed E-state index contributed by atoms with van der Waals surface area (Å²) >= 11 is 2.60. The maximum atomic E-state index is 11.8. The molecule has 0 aromatic carbocycles. The average Bonchev–Trinajstić information content (AvgIpc) is 3.36. The van der Waals surface area contributed by atoms with Crippen molar-refractivity contribution in [2.45, 2.75) is 51.7 Å². The summed E-state index contributed by atoms with van der Waals surface area (Å²) in [4.78, 5) is 13.2. The third-order valence-corrected chi connectivity index (χ3v) is 7.27. The van der Waals surface area contributed by atoms with E-state index in [0.717, 1.165) is 65.0 Å². The Morgan fingerprint density at radius 1 is 1.33 bits per heavy atom. The fourth-order valence-electron chi connectivity index (χ4n) is 3.76. The molecule has 0 saturated heterocycles. The van der Waals surface area contributed by atoms with E-state index in [4.69, 9.17) is 4.42 Å². The van der Waals surface area contributed by atoms with Crippen LogP contribution < -0.4 is 0 Å². The maximum absolute atomic E-state index is 11.8. The third kappa shape index (κ3) is 3.68. The summed E-state index contributed by atoms with van der Waals surface area (Å²) in [5, 5.41) is 28.2. The zero-order chi connectivity index (χ0) is 21.4. The largest absolute Gasteiger partial charge is 0.477 e. The number of aromatic nitrogens is 3. The van der Waals surface area contributed by atoms with Gasteiger partial charge in [0.1, 0.15) is 16.0 Å². The van der Waals surface area contributed by atoms with Crippen LogP contribution in [0.25, 0.3) is 11.1 Å². The Labute approximate surface area is 182 Å². The van der Waals surface area contributed by atoms with Gasteiger partial charge in [0.15, 0.2) is 0 Å². The number of aliphatic carboxylic acids is 1. The molecule has 7 nitrogen and oxygen atoms in total. The highest BCUT2D eigenvalue weighted by Crippen LogP contribution is 2.39. The number of nitrogens with zero attached hydrogens (tertiary/aromatic N) is 4. The molecule has 30 heavy (non-hydrogen) atoms. The lowest BCUT2D eigenvalue weighted by Crippen LogP contribution is -2.02. The van der Waals surface area contributed by atoms with E-state index >= 15 is 0 Å². The Kier molecular flexibility index (Phi) is 5.54. The molecule has 0 fully saturated rings. The van der Waals surface area contributed by atoms with Crippen molar-refractivity contribution in [3.8, 4) is 11.1 Å². The number of carboxylic acid groups (broad SMARTS) is 1. The molecule has 0 saturated carbocycles. The van der Waals surface area contributed by atoms with Crippen LogP contribution in [0, 0.1) is 32.1 Å². The van der Waals surface area contributed by atoms with Crippen LogP contribution in [-0.2, 0) is 17.6 Å². The number of fused-ring (bicyclic) bond motifs is 1. The average molecular weight is 441 g/mol. The maximum Gasteiger partial charge on any atom is 0.342 e. The van der Waals surface area contributed by atoms with E-state index in [1.54, 1.807) is 24.3 Å². The van der Waals surface area contributed by atoms with Crippen molar-refractivity contribution < 1.29 is 14.3 Å². The minimum atomic E-state index is -1.06. The monoisotopic (exact) mass is 440 g/mol. The van der Waals surface area contributed by atoms with Crippen molar-refractivity contribution >= 4 is 35.1 Å². The van der Waals surface area contributed by atoms with Crippen LogP contribution in [0.5, 0.6) is 0 Å². The summed E-state index contributed by atoms with van der Waals surface area (Å²) in [6, 6.07) is 4.35. The molecule has 0 radical (unpaired) electrons. The minimum Gasteiger partial charge on any atom is -0.477 e. The van der Waals surface area contributed by atoms with E-state index in [0.29, 0.717) is 5.89 Å². The van der Waals surface area contributed by atoms with Gasteiger partial charge in [-0.25, -0.2) is 4.79 Å². The van der Waals surface area contributed by atoms with Crippen LogP contribution in [-0.4, -0.2) is 25.8 Å². The van der Waals surface area contributed by atoms with Crippen molar-refractivity contribution in [3.05, 3.63) is 49.8 Å². The van der Waals surface area contributed by atoms with Crippen LogP contribution >= 0.6 is 23.1 Å². The second kappa shape index (κ2) is 8.13. The highest BCUT2D eigenvalue weighted by atomic mass is 32.2. The number of carboxylic acids is 1. The van der Waals surface area contributed by atoms with Crippen LogP contribution in [0.2, 0.25) is 0 Å². The normalized spacial score (nSPS) is 13.9. The standard InChI is InChI=1S/C21H20N4O3S2/c1-11-8-14(9-18(20(26)27)30-21-24-23-13(3)28-21)12(2)25(11)19-16(10-22)15-6-4-5-7-17(15)29-19/h8-9H,4-7H2,1-3H3,(H,26,27)/b18-9-. The second-order valence-corrected chi connectivity index (χ2v) is 9.24. The summed E-state index contributed by atoms with van der Waals surface area (Å²) in [6.45, 7) is 5.57. The predicted octanol–water partition coefficient (Wildman–Crippen LogP) is 4.82. The van der Waals surface area contributed by atoms with Crippen LogP contribution in [0.15, 0.2) is 20.6 Å². The zero-order valence-corrected chi connectivity index (χ0v) is 18.5. The first-order chi connectivity index (χ1) is 14.4. The van der Waals surface area contributed by atoms with Gasteiger partial charge in [-0.2, -0.15) is 5.26 Å². The summed E-state index contributed by atoms with van der Waals surface area (Å²) in [7, 11) is 0. The van der Waals surface area contributed by atoms with Gasteiger partial charge in [0.25, 0.3) is 5.22 Å². The molecule has 3 aromatic rings. The van der Waals surface area contributed by atoms with Gasteiger partial charge in [0.2, 0.25) is 5.89 Å². The van der Waals surface area contributed by atoms with E-state index in [2.05, 4.69) is 20.8 Å². The first-order valence-corrected chi connectivity index (χ1v) is 11.2. The Bertz CT molecular complexity index is 1210. The number of rotatable bonds is 5. The second-order valence-electron chi connectivity index (χ2n) is 7.17. The molecular weight excluding hydrogens is 420 g/mol.